The number of nitrogens with zero attached hydrogens (tertiary/aromatic N) is 1. The Balaban J connectivity index is 1.80. The molecule has 0 fully saturated rings. The monoisotopic (exact) mass is 257 g/mol. The number of oxazole rings is 1. The Morgan fingerprint density at radius 2 is 1.95 bits per heavy atom. The van der Waals surface area contributed by atoms with Gasteiger partial charge >= 0.3 is 5.56 Å². The van der Waals surface area contributed by atoms with Crippen molar-refractivity contribution in [2.45, 2.75) is 12.8 Å². The zero-order valence-corrected chi connectivity index (χ0v) is 9.97. The third-order valence-electron chi connectivity index (χ3n) is 2.81. The predicted molar refractivity (Wildman–Crippen MR) is 69.1 cm³/mol. The Kier molecular flexibility index (Phi) is 2.75. The maximum Gasteiger partial charge on any atom is 0.310 e. The summed E-state index contributed by atoms with van der Waals surface area (Å²) in [5, 5.41) is 4.96. The van der Waals surface area contributed by atoms with Crippen LogP contribution in [0.2, 0.25) is 0 Å². The summed E-state index contributed by atoms with van der Waals surface area (Å²) in [4.78, 5) is 26.5. The lowest BCUT2D eigenvalue weighted by Gasteiger charge is -1.97. The summed E-state index contributed by atoms with van der Waals surface area (Å²) in [5.74, 6) is 0.605. The lowest BCUT2D eigenvalue weighted by molar-refractivity contribution is 0.526. The van der Waals surface area contributed by atoms with Gasteiger partial charge in [0.15, 0.2) is 11.5 Å². The minimum atomic E-state index is -0.648. The van der Waals surface area contributed by atoms with Crippen molar-refractivity contribution in [3.05, 3.63) is 62.5 Å². The van der Waals surface area contributed by atoms with E-state index in [9.17, 15) is 9.59 Å². The summed E-state index contributed by atoms with van der Waals surface area (Å²) < 4.78 is 5.57. The van der Waals surface area contributed by atoms with Gasteiger partial charge < -0.3 is 9.52 Å². The molecule has 6 heteroatoms. The lowest BCUT2D eigenvalue weighted by atomic mass is 10.2. The summed E-state index contributed by atoms with van der Waals surface area (Å²) in [6.45, 7) is 0. The van der Waals surface area contributed by atoms with E-state index in [0.29, 0.717) is 24.4 Å². The molecule has 0 saturated carbocycles. The average molecular weight is 257 g/mol. The van der Waals surface area contributed by atoms with E-state index in [2.05, 4.69) is 15.2 Å². The van der Waals surface area contributed by atoms with Gasteiger partial charge in [0.1, 0.15) is 5.52 Å². The molecular formula is C13H11N3O3. The van der Waals surface area contributed by atoms with Gasteiger partial charge in [-0.2, -0.15) is 0 Å². The average Bonchev–Trinajstić information content (AvgIpc) is 2.83. The van der Waals surface area contributed by atoms with E-state index in [0.717, 1.165) is 11.1 Å². The van der Waals surface area contributed by atoms with Crippen LogP contribution >= 0.6 is 0 Å². The fourth-order valence-electron chi connectivity index (χ4n) is 1.86. The van der Waals surface area contributed by atoms with Crippen molar-refractivity contribution in [3.8, 4) is 0 Å². The van der Waals surface area contributed by atoms with Crippen molar-refractivity contribution in [1.29, 1.82) is 0 Å². The molecule has 0 bridgehead atoms. The first-order chi connectivity index (χ1) is 9.22. The Morgan fingerprint density at radius 1 is 1.11 bits per heavy atom. The maximum absolute atomic E-state index is 11.2. The normalized spacial score (nSPS) is 10.9. The molecule has 0 unspecified atom stereocenters. The molecule has 6 nitrogen and oxygen atoms in total. The molecule has 0 aliphatic heterocycles. The van der Waals surface area contributed by atoms with Crippen molar-refractivity contribution in [3.63, 3.8) is 0 Å². The van der Waals surface area contributed by atoms with Crippen molar-refractivity contribution >= 4 is 11.1 Å². The van der Waals surface area contributed by atoms with E-state index in [4.69, 9.17) is 4.42 Å². The molecule has 1 aromatic carbocycles. The van der Waals surface area contributed by atoms with Gasteiger partial charge in [-0.25, -0.2) is 4.98 Å². The number of aromatic nitrogens is 3. The van der Waals surface area contributed by atoms with Gasteiger partial charge in [0.25, 0.3) is 0 Å². The highest BCUT2D eigenvalue weighted by atomic mass is 16.3. The molecule has 0 spiro atoms. The number of H-pyrrole nitrogens is 2. The van der Waals surface area contributed by atoms with Crippen molar-refractivity contribution < 1.29 is 4.42 Å². The quantitative estimate of drug-likeness (QED) is 0.684. The van der Waals surface area contributed by atoms with Gasteiger partial charge in [-0.05, 0) is 18.6 Å². The van der Waals surface area contributed by atoms with Crippen LogP contribution in [-0.2, 0) is 12.8 Å². The topological polar surface area (TPSA) is 91.8 Å². The standard InChI is InChI=1S/C13H11N3O3/c17-10-7-8(15-16-13(10)18)5-6-12-14-9-3-1-2-4-11(9)19-12/h1-4,7H,5-6H2,(H,15,17)(H,16,18). The number of benzene rings is 1. The second-order valence-corrected chi connectivity index (χ2v) is 4.19. The third-order valence-corrected chi connectivity index (χ3v) is 2.81. The molecule has 3 aromatic rings. The van der Waals surface area contributed by atoms with Gasteiger partial charge in [-0.3, -0.25) is 14.7 Å². The predicted octanol–water partition coefficient (Wildman–Crippen LogP) is 0.990. The molecule has 96 valence electrons. The van der Waals surface area contributed by atoms with Crippen LogP contribution in [0.1, 0.15) is 11.6 Å². The van der Waals surface area contributed by atoms with Crippen LogP contribution < -0.4 is 11.0 Å². The van der Waals surface area contributed by atoms with Crippen LogP contribution in [0.5, 0.6) is 0 Å². The maximum atomic E-state index is 11.2. The number of aryl methyl sites for hydroxylation is 2. The number of nitrogens with one attached hydrogen (secondary N) is 2. The second kappa shape index (κ2) is 4.56. The van der Waals surface area contributed by atoms with Gasteiger partial charge in [0.05, 0.1) is 0 Å². The number of hydrogen-bond donors (Lipinski definition) is 2. The highest BCUT2D eigenvalue weighted by Gasteiger charge is 2.06. The fourth-order valence-corrected chi connectivity index (χ4v) is 1.86. The number of hydrogen-bond acceptors (Lipinski definition) is 4. The number of aromatic amines is 2. The van der Waals surface area contributed by atoms with Crippen LogP contribution in [0.15, 0.2) is 44.3 Å². The summed E-state index contributed by atoms with van der Waals surface area (Å²) >= 11 is 0. The Hall–Kier alpha value is -2.63. The summed E-state index contributed by atoms with van der Waals surface area (Å²) in [6, 6.07) is 8.81. The lowest BCUT2D eigenvalue weighted by Crippen LogP contribution is -2.27. The third kappa shape index (κ3) is 2.33. The number of fused-ring (bicyclic) bond motifs is 1. The molecule has 0 amide bonds. The summed E-state index contributed by atoms with van der Waals surface area (Å²) in [5.41, 5.74) is 1.00. The molecular weight excluding hydrogens is 246 g/mol. The Morgan fingerprint density at radius 3 is 2.74 bits per heavy atom. The molecule has 2 heterocycles. The first-order valence-electron chi connectivity index (χ1n) is 5.88. The van der Waals surface area contributed by atoms with E-state index in [1.54, 1.807) is 0 Å². The summed E-state index contributed by atoms with van der Waals surface area (Å²) in [7, 11) is 0. The van der Waals surface area contributed by atoms with Crippen LogP contribution in [-0.4, -0.2) is 15.2 Å². The first kappa shape index (κ1) is 11.5. The Labute approximate surface area is 107 Å². The van der Waals surface area contributed by atoms with E-state index in [1.807, 2.05) is 24.3 Å². The van der Waals surface area contributed by atoms with Crippen molar-refractivity contribution in [1.82, 2.24) is 15.2 Å². The van der Waals surface area contributed by atoms with Gasteiger partial charge in [-0.15, -0.1) is 0 Å². The van der Waals surface area contributed by atoms with Crippen LogP contribution in [0.4, 0.5) is 0 Å². The Bertz CT molecular complexity index is 796. The zero-order chi connectivity index (χ0) is 13.2. The van der Waals surface area contributed by atoms with E-state index < -0.39 is 11.0 Å². The van der Waals surface area contributed by atoms with E-state index in [1.165, 1.54) is 6.07 Å². The molecule has 0 saturated heterocycles. The number of para-hydroxylation sites is 2. The molecule has 0 atom stereocenters. The molecule has 0 aliphatic carbocycles. The summed E-state index contributed by atoms with van der Waals surface area (Å²) in [6.07, 6.45) is 1.09. The smallest absolute Gasteiger partial charge is 0.310 e. The first-order valence-corrected chi connectivity index (χ1v) is 5.88. The fraction of sp³-hybridized carbons (Fsp3) is 0.154. The van der Waals surface area contributed by atoms with Crippen LogP contribution in [0, 0.1) is 0 Å². The minimum absolute atomic E-state index is 0.541. The molecule has 3 rings (SSSR count). The van der Waals surface area contributed by atoms with Gasteiger partial charge in [0.2, 0.25) is 5.43 Å². The molecule has 19 heavy (non-hydrogen) atoms. The molecule has 2 N–H and O–H groups in total. The van der Waals surface area contributed by atoms with Crippen LogP contribution in [0.3, 0.4) is 0 Å². The van der Waals surface area contributed by atoms with Crippen LogP contribution in [0.25, 0.3) is 11.1 Å². The highest BCUT2D eigenvalue weighted by Crippen LogP contribution is 2.15. The molecule has 2 aromatic heterocycles. The second-order valence-electron chi connectivity index (χ2n) is 4.19. The SMILES string of the molecule is O=c1cc(CCc2nc3ccccc3o2)[nH][nH]c1=O. The molecule has 0 aliphatic rings. The van der Waals surface area contributed by atoms with Gasteiger partial charge in [0, 0.05) is 18.2 Å². The largest absolute Gasteiger partial charge is 0.441 e. The van der Waals surface area contributed by atoms with Crippen molar-refractivity contribution in [2.75, 3.05) is 0 Å². The van der Waals surface area contributed by atoms with Gasteiger partial charge in [-0.1, -0.05) is 12.1 Å². The van der Waals surface area contributed by atoms with Crippen molar-refractivity contribution in [2.24, 2.45) is 0 Å². The highest BCUT2D eigenvalue weighted by molar-refractivity contribution is 5.72. The minimum Gasteiger partial charge on any atom is -0.441 e. The molecule has 0 radical (unpaired) electrons. The zero-order valence-electron chi connectivity index (χ0n) is 9.97. The van der Waals surface area contributed by atoms with E-state index >= 15 is 0 Å². The van der Waals surface area contributed by atoms with E-state index in [-0.39, 0.29) is 0 Å². The number of rotatable bonds is 3.